The standard InChI is InChI=1S/C23H27N3O5S/c1-15(2)13-19(26-22(28)17-10-6-7-11-18(17)23(26)29)21(27)24-14-16-9-5-8-12-20(16)32(30,31)25(3)4/h5-12,15,19H,13-14H2,1-4H3,(H,24,27)/t19-/m0/s1. The predicted molar refractivity (Wildman–Crippen MR) is 119 cm³/mol. The molecule has 0 saturated heterocycles. The molecule has 9 heteroatoms. The van der Waals surface area contributed by atoms with Crippen LogP contribution in [0.4, 0.5) is 0 Å². The van der Waals surface area contributed by atoms with Gasteiger partial charge in [-0.25, -0.2) is 12.7 Å². The van der Waals surface area contributed by atoms with Crippen molar-refractivity contribution in [1.29, 1.82) is 0 Å². The highest BCUT2D eigenvalue weighted by atomic mass is 32.2. The average Bonchev–Trinajstić information content (AvgIpc) is 3.00. The van der Waals surface area contributed by atoms with Crippen LogP contribution in [-0.2, 0) is 21.4 Å². The molecule has 0 saturated carbocycles. The SMILES string of the molecule is CC(C)C[C@@H](C(=O)NCc1ccccc1S(=O)(=O)N(C)C)N1C(=O)c2ccccc2C1=O. The molecular formula is C23H27N3O5S. The molecule has 1 aliphatic heterocycles. The Morgan fingerprint density at radius 3 is 2.03 bits per heavy atom. The van der Waals surface area contributed by atoms with Gasteiger partial charge in [0.1, 0.15) is 6.04 Å². The molecule has 0 aliphatic carbocycles. The summed E-state index contributed by atoms with van der Waals surface area (Å²) in [5.41, 5.74) is 0.975. The first-order valence-electron chi connectivity index (χ1n) is 10.3. The van der Waals surface area contributed by atoms with Gasteiger partial charge in [0.05, 0.1) is 16.0 Å². The molecule has 1 atom stereocenters. The van der Waals surface area contributed by atoms with Gasteiger partial charge in [-0.1, -0.05) is 44.2 Å². The largest absolute Gasteiger partial charge is 0.350 e. The number of imide groups is 1. The second-order valence-corrected chi connectivity index (χ2v) is 10.4. The van der Waals surface area contributed by atoms with E-state index >= 15 is 0 Å². The minimum absolute atomic E-state index is 0.0384. The lowest BCUT2D eigenvalue weighted by Gasteiger charge is -2.27. The predicted octanol–water partition coefficient (Wildman–Crippen LogP) is 2.26. The lowest BCUT2D eigenvalue weighted by molar-refractivity contribution is -0.125. The molecule has 170 valence electrons. The quantitative estimate of drug-likeness (QED) is 0.613. The number of hydrogen-bond acceptors (Lipinski definition) is 5. The second-order valence-electron chi connectivity index (χ2n) is 8.28. The van der Waals surface area contributed by atoms with Gasteiger partial charge >= 0.3 is 0 Å². The maximum atomic E-state index is 13.2. The van der Waals surface area contributed by atoms with Crippen LogP contribution in [0, 0.1) is 5.92 Å². The second kappa shape index (κ2) is 9.22. The molecule has 8 nitrogen and oxygen atoms in total. The summed E-state index contributed by atoms with van der Waals surface area (Å²) in [5.74, 6) is -1.47. The summed E-state index contributed by atoms with van der Waals surface area (Å²) in [6.07, 6.45) is 0.287. The summed E-state index contributed by atoms with van der Waals surface area (Å²) < 4.78 is 26.3. The molecule has 32 heavy (non-hydrogen) atoms. The summed E-state index contributed by atoms with van der Waals surface area (Å²) in [6.45, 7) is 3.74. The highest BCUT2D eigenvalue weighted by molar-refractivity contribution is 7.89. The monoisotopic (exact) mass is 457 g/mol. The van der Waals surface area contributed by atoms with Crippen molar-refractivity contribution >= 4 is 27.7 Å². The molecule has 3 rings (SSSR count). The van der Waals surface area contributed by atoms with E-state index in [1.165, 1.54) is 20.2 Å². The van der Waals surface area contributed by atoms with Crippen LogP contribution >= 0.6 is 0 Å². The Kier molecular flexibility index (Phi) is 6.80. The van der Waals surface area contributed by atoms with Crippen LogP contribution in [0.3, 0.4) is 0 Å². The fourth-order valence-corrected chi connectivity index (χ4v) is 4.78. The highest BCUT2D eigenvalue weighted by Gasteiger charge is 2.42. The van der Waals surface area contributed by atoms with Gasteiger partial charge in [0.2, 0.25) is 15.9 Å². The normalized spacial score (nSPS) is 14.8. The number of nitrogens with zero attached hydrogens (tertiary/aromatic N) is 2. The number of nitrogens with one attached hydrogen (secondary N) is 1. The molecule has 1 heterocycles. The summed E-state index contributed by atoms with van der Waals surface area (Å²) in [4.78, 5) is 40.1. The minimum Gasteiger partial charge on any atom is -0.350 e. The Morgan fingerprint density at radius 2 is 1.50 bits per heavy atom. The highest BCUT2D eigenvalue weighted by Crippen LogP contribution is 2.27. The van der Waals surface area contributed by atoms with E-state index in [9.17, 15) is 22.8 Å². The number of hydrogen-bond donors (Lipinski definition) is 1. The summed E-state index contributed by atoms with van der Waals surface area (Å²) in [6, 6.07) is 11.9. The Morgan fingerprint density at radius 1 is 0.969 bits per heavy atom. The molecular weight excluding hydrogens is 430 g/mol. The molecule has 0 aromatic heterocycles. The van der Waals surface area contributed by atoms with E-state index in [0.717, 1.165) is 9.21 Å². The number of benzene rings is 2. The third kappa shape index (κ3) is 4.44. The zero-order chi connectivity index (χ0) is 23.6. The van der Waals surface area contributed by atoms with Crippen molar-refractivity contribution in [2.75, 3.05) is 14.1 Å². The Balaban J connectivity index is 1.86. The van der Waals surface area contributed by atoms with Crippen LogP contribution < -0.4 is 5.32 Å². The van der Waals surface area contributed by atoms with E-state index in [2.05, 4.69) is 5.32 Å². The third-order valence-electron chi connectivity index (χ3n) is 5.32. The maximum Gasteiger partial charge on any atom is 0.262 e. The van der Waals surface area contributed by atoms with Gasteiger partial charge in [-0.3, -0.25) is 19.3 Å². The fraction of sp³-hybridized carbons (Fsp3) is 0.348. The molecule has 3 amide bonds. The van der Waals surface area contributed by atoms with Gasteiger partial charge < -0.3 is 5.32 Å². The van der Waals surface area contributed by atoms with Crippen molar-refractivity contribution < 1.29 is 22.8 Å². The van der Waals surface area contributed by atoms with E-state index in [1.807, 2.05) is 13.8 Å². The number of sulfonamides is 1. The topological polar surface area (TPSA) is 104 Å². The van der Waals surface area contributed by atoms with Crippen LogP contribution in [0.1, 0.15) is 46.5 Å². The Labute approximate surface area is 188 Å². The Bertz CT molecular complexity index is 1120. The lowest BCUT2D eigenvalue weighted by Crippen LogP contribution is -2.50. The molecule has 2 aromatic carbocycles. The van der Waals surface area contributed by atoms with Gasteiger partial charge in [-0.2, -0.15) is 0 Å². The number of rotatable bonds is 8. The smallest absolute Gasteiger partial charge is 0.262 e. The number of fused-ring (bicyclic) bond motifs is 1. The average molecular weight is 458 g/mol. The summed E-state index contributed by atoms with van der Waals surface area (Å²) in [7, 11) is -0.829. The van der Waals surface area contributed by atoms with E-state index in [0.29, 0.717) is 5.56 Å². The van der Waals surface area contributed by atoms with E-state index < -0.39 is 33.8 Å². The molecule has 0 unspecified atom stereocenters. The number of amides is 3. The van der Waals surface area contributed by atoms with Crippen molar-refractivity contribution in [3.63, 3.8) is 0 Å². The van der Waals surface area contributed by atoms with Crippen LogP contribution in [0.5, 0.6) is 0 Å². The lowest BCUT2D eigenvalue weighted by atomic mass is 10.0. The molecule has 0 spiro atoms. The first kappa shape index (κ1) is 23.6. The van der Waals surface area contributed by atoms with Crippen molar-refractivity contribution in [1.82, 2.24) is 14.5 Å². The number of carbonyl (C=O) groups excluding carboxylic acids is 3. The van der Waals surface area contributed by atoms with Crippen molar-refractivity contribution in [3.05, 3.63) is 65.2 Å². The first-order chi connectivity index (χ1) is 15.1. The molecule has 1 aliphatic rings. The van der Waals surface area contributed by atoms with Gasteiger partial charge in [-0.05, 0) is 36.1 Å². The third-order valence-corrected chi connectivity index (χ3v) is 7.23. The van der Waals surface area contributed by atoms with E-state index in [-0.39, 0.29) is 34.9 Å². The zero-order valence-corrected chi connectivity index (χ0v) is 19.3. The van der Waals surface area contributed by atoms with Crippen LogP contribution in [0.15, 0.2) is 53.4 Å². The van der Waals surface area contributed by atoms with E-state index in [4.69, 9.17) is 0 Å². The van der Waals surface area contributed by atoms with Crippen molar-refractivity contribution in [2.24, 2.45) is 5.92 Å². The van der Waals surface area contributed by atoms with Crippen LogP contribution in [0.2, 0.25) is 0 Å². The first-order valence-corrected chi connectivity index (χ1v) is 11.7. The van der Waals surface area contributed by atoms with E-state index in [1.54, 1.807) is 42.5 Å². The van der Waals surface area contributed by atoms with Gasteiger partial charge in [0.15, 0.2) is 0 Å². The van der Waals surface area contributed by atoms with Crippen LogP contribution in [0.25, 0.3) is 0 Å². The maximum absolute atomic E-state index is 13.2. The summed E-state index contributed by atoms with van der Waals surface area (Å²) >= 11 is 0. The molecule has 0 bridgehead atoms. The van der Waals surface area contributed by atoms with Crippen LogP contribution in [-0.4, -0.2) is 55.5 Å². The fourth-order valence-electron chi connectivity index (χ4n) is 3.67. The molecule has 0 fully saturated rings. The van der Waals surface area contributed by atoms with Crippen molar-refractivity contribution in [2.45, 2.75) is 37.8 Å². The molecule has 1 N–H and O–H groups in total. The minimum atomic E-state index is -3.70. The zero-order valence-electron chi connectivity index (χ0n) is 18.5. The van der Waals surface area contributed by atoms with Gasteiger partial charge in [0.25, 0.3) is 11.8 Å². The van der Waals surface area contributed by atoms with Crippen molar-refractivity contribution in [3.8, 4) is 0 Å². The molecule has 0 radical (unpaired) electrons. The Hall–Kier alpha value is -3.04. The summed E-state index contributed by atoms with van der Waals surface area (Å²) in [5, 5.41) is 2.73. The molecule has 2 aromatic rings. The van der Waals surface area contributed by atoms with Gasteiger partial charge in [0, 0.05) is 20.6 Å². The van der Waals surface area contributed by atoms with Gasteiger partial charge in [-0.15, -0.1) is 0 Å². The number of carbonyl (C=O) groups is 3.